The van der Waals surface area contributed by atoms with Crippen LogP contribution in [-0.4, -0.2) is 8.42 Å². The molecule has 1 aliphatic rings. The van der Waals surface area contributed by atoms with Gasteiger partial charge in [-0.2, -0.15) is 0 Å². The van der Waals surface area contributed by atoms with Crippen LogP contribution in [0.5, 0.6) is 11.5 Å². The molecule has 18 heavy (non-hydrogen) atoms. The Bertz CT molecular complexity index is 754. The summed E-state index contributed by atoms with van der Waals surface area (Å²) in [6.07, 6.45) is 0. The molecule has 1 aliphatic heterocycles. The van der Waals surface area contributed by atoms with Gasteiger partial charge >= 0.3 is 0 Å². The Balaban J connectivity index is 2.36. The van der Waals surface area contributed by atoms with Gasteiger partial charge in [0.05, 0.1) is 0 Å². The SMILES string of the molecule is O=S1(=O)c2ccccc2Oc2cc(I)c(I)cc21. The topological polar surface area (TPSA) is 43.4 Å². The molecule has 0 fully saturated rings. The molecule has 0 unspecified atom stereocenters. The van der Waals surface area contributed by atoms with E-state index in [1.807, 2.05) is 0 Å². The maximum Gasteiger partial charge on any atom is 0.213 e. The highest BCUT2D eigenvalue weighted by Gasteiger charge is 2.31. The van der Waals surface area contributed by atoms with Gasteiger partial charge in [0.15, 0.2) is 0 Å². The van der Waals surface area contributed by atoms with E-state index in [2.05, 4.69) is 45.2 Å². The number of halogens is 2. The summed E-state index contributed by atoms with van der Waals surface area (Å²) < 4.78 is 32.5. The van der Waals surface area contributed by atoms with Crippen LogP contribution in [0.1, 0.15) is 0 Å². The molecule has 0 amide bonds. The highest BCUT2D eigenvalue weighted by Crippen LogP contribution is 2.43. The van der Waals surface area contributed by atoms with Crippen LogP contribution < -0.4 is 4.74 Å². The molecule has 0 aliphatic carbocycles. The highest BCUT2D eigenvalue weighted by atomic mass is 127. The van der Waals surface area contributed by atoms with Crippen molar-refractivity contribution in [2.45, 2.75) is 9.79 Å². The number of ether oxygens (including phenoxy) is 1. The number of fused-ring (bicyclic) bond motifs is 2. The minimum atomic E-state index is -3.47. The molecule has 0 radical (unpaired) electrons. The van der Waals surface area contributed by atoms with Gasteiger partial charge in [-0.25, -0.2) is 8.42 Å². The number of hydrogen-bond donors (Lipinski definition) is 0. The van der Waals surface area contributed by atoms with E-state index < -0.39 is 9.84 Å². The second-order valence-corrected chi connectivity index (χ2v) is 7.98. The van der Waals surface area contributed by atoms with Gasteiger partial charge in [-0.15, -0.1) is 0 Å². The summed E-state index contributed by atoms with van der Waals surface area (Å²) in [6, 6.07) is 10.1. The molecule has 3 nitrogen and oxygen atoms in total. The van der Waals surface area contributed by atoms with Crippen molar-refractivity contribution in [3.63, 3.8) is 0 Å². The summed E-state index contributed by atoms with van der Waals surface area (Å²) >= 11 is 4.28. The van der Waals surface area contributed by atoms with E-state index in [0.29, 0.717) is 11.5 Å². The Labute approximate surface area is 132 Å². The van der Waals surface area contributed by atoms with E-state index in [-0.39, 0.29) is 9.79 Å². The molecule has 0 saturated carbocycles. The zero-order valence-electron chi connectivity index (χ0n) is 8.85. The second kappa shape index (κ2) is 4.34. The largest absolute Gasteiger partial charge is 0.455 e. The lowest BCUT2D eigenvalue weighted by molar-refractivity contribution is 0.442. The van der Waals surface area contributed by atoms with Crippen molar-refractivity contribution in [2.75, 3.05) is 0 Å². The lowest BCUT2D eigenvalue weighted by atomic mass is 10.3. The van der Waals surface area contributed by atoms with Gasteiger partial charge in [-0.1, -0.05) is 12.1 Å². The third-order valence-electron chi connectivity index (χ3n) is 2.63. The van der Waals surface area contributed by atoms with E-state index in [1.54, 1.807) is 36.4 Å². The van der Waals surface area contributed by atoms with Crippen molar-refractivity contribution >= 4 is 55.0 Å². The van der Waals surface area contributed by atoms with Crippen LogP contribution in [0, 0.1) is 7.14 Å². The minimum absolute atomic E-state index is 0.231. The summed E-state index contributed by atoms with van der Waals surface area (Å²) in [5.41, 5.74) is 0. The van der Waals surface area contributed by atoms with Crippen molar-refractivity contribution in [1.29, 1.82) is 0 Å². The van der Waals surface area contributed by atoms with Crippen molar-refractivity contribution < 1.29 is 13.2 Å². The summed E-state index contributed by atoms with van der Waals surface area (Å²) in [7, 11) is -3.47. The zero-order valence-corrected chi connectivity index (χ0v) is 14.0. The van der Waals surface area contributed by atoms with Crippen LogP contribution in [0.2, 0.25) is 0 Å². The second-order valence-electron chi connectivity index (χ2n) is 3.77. The molecule has 2 aromatic carbocycles. The van der Waals surface area contributed by atoms with Gasteiger partial charge in [-0.05, 0) is 69.4 Å². The van der Waals surface area contributed by atoms with Crippen LogP contribution in [0.3, 0.4) is 0 Å². The van der Waals surface area contributed by atoms with Crippen LogP contribution in [0.15, 0.2) is 46.2 Å². The first-order valence-electron chi connectivity index (χ1n) is 5.01. The molecule has 6 heteroatoms. The van der Waals surface area contributed by atoms with Crippen molar-refractivity contribution in [3.05, 3.63) is 43.5 Å². The molecule has 0 saturated heterocycles. The normalized spacial score (nSPS) is 15.4. The average molecular weight is 484 g/mol. The first-order valence-corrected chi connectivity index (χ1v) is 8.65. The predicted octanol–water partition coefficient (Wildman–Crippen LogP) is 3.83. The monoisotopic (exact) mass is 484 g/mol. The lowest BCUT2D eigenvalue weighted by Crippen LogP contribution is -2.11. The molecule has 0 atom stereocenters. The lowest BCUT2D eigenvalue weighted by Gasteiger charge is -2.20. The molecule has 0 spiro atoms. The standard InChI is InChI=1S/C12H6I2O3S/c13-7-5-10-12(6-8(7)14)18(15,16)11-4-2-1-3-9(11)17-10/h1-6H. The van der Waals surface area contributed by atoms with E-state index in [9.17, 15) is 8.42 Å². The van der Waals surface area contributed by atoms with Gasteiger partial charge in [0.1, 0.15) is 21.3 Å². The maximum absolute atomic E-state index is 12.5. The number of hydrogen-bond acceptors (Lipinski definition) is 3. The van der Waals surface area contributed by atoms with Crippen LogP contribution >= 0.6 is 45.2 Å². The van der Waals surface area contributed by atoms with Crippen molar-refractivity contribution in [1.82, 2.24) is 0 Å². The van der Waals surface area contributed by atoms with Gasteiger partial charge in [0, 0.05) is 7.14 Å². The van der Waals surface area contributed by atoms with E-state index in [4.69, 9.17) is 4.74 Å². The van der Waals surface area contributed by atoms with E-state index >= 15 is 0 Å². The number of sulfone groups is 1. The summed E-state index contributed by atoms with van der Waals surface area (Å²) in [5.74, 6) is 0.792. The summed E-state index contributed by atoms with van der Waals surface area (Å²) in [4.78, 5) is 0.473. The molecule has 0 aromatic heterocycles. The number of rotatable bonds is 0. The summed E-state index contributed by atoms with van der Waals surface area (Å²) in [6.45, 7) is 0. The Morgan fingerprint density at radius 1 is 0.889 bits per heavy atom. The Morgan fingerprint density at radius 3 is 2.33 bits per heavy atom. The fraction of sp³-hybridized carbons (Fsp3) is 0. The van der Waals surface area contributed by atoms with E-state index in [0.717, 1.165) is 7.14 Å². The summed E-state index contributed by atoms with van der Waals surface area (Å²) in [5, 5.41) is 0. The fourth-order valence-electron chi connectivity index (χ4n) is 1.79. The van der Waals surface area contributed by atoms with Gasteiger partial charge < -0.3 is 4.74 Å². The molecule has 2 aromatic rings. The van der Waals surface area contributed by atoms with Crippen LogP contribution in [-0.2, 0) is 9.84 Å². The third kappa shape index (κ3) is 1.85. The van der Waals surface area contributed by atoms with Crippen molar-refractivity contribution in [2.24, 2.45) is 0 Å². The molecule has 92 valence electrons. The van der Waals surface area contributed by atoms with Crippen LogP contribution in [0.4, 0.5) is 0 Å². The van der Waals surface area contributed by atoms with Gasteiger partial charge in [0.25, 0.3) is 0 Å². The average Bonchev–Trinajstić information content (AvgIpc) is 2.33. The zero-order chi connectivity index (χ0) is 12.9. The maximum atomic E-state index is 12.5. The Morgan fingerprint density at radius 2 is 1.56 bits per heavy atom. The molecule has 1 heterocycles. The number of benzene rings is 2. The minimum Gasteiger partial charge on any atom is -0.455 e. The first kappa shape index (κ1) is 12.7. The highest BCUT2D eigenvalue weighted by molar-refractivity contribution is 14.1. The molecule has 0 N–H and O–H groups in total. The van der Waals surface area contributed by atoms with Crippen molar-refractivity contribution in [3.8, 4) is 11.5 Å². The fourth-order valence-corrected chi connectivity index (χ4v) is 4.42. The quantitative estimate of drug-likeness (QED) is 0.456. The molecule has 0 bridgehead atoms. The third-order valence-corrected chi connectivity index (χ3v) is 7.27. The van der Waals surface area contributed by atoms with E-state index in [1.165, 1.54) is 0 Å². The smallest absolute Gasteiger partial charge is 0.213 e. The molecule has 3 rings (SSSR count). The molecular weight excluding hydrogens is 478 g/mol. The number of para-hydroxylation sites is 1. The predicted molar refractivity (Wildman–Crippen MR) is 83.8 cm³/mol. The Hall–Kier alpha value is -0.350. The first-order chi connectivity index (χ1) is 8.50. The Kier molecular flexibility index (Phi) is 3.06. The van der Waals surface area contributed by atoms with Gasteiger partial charge in [-0.3, -0.25) is 0 Å². The van der Waals surface area contributed by atoms with Gasteiger partial charge in [0.2, 0.25) is 9.84 Å². The molecular formula is C12H6I2O3S. The van der Waals surface area contributed by atoms with Crippen LogP contribution in [0.25, 0.3) is 0 Å².